The molecule has 0 radical (unpaired) electrons. The van der Waals surface area contributed by atoms with Crippen LogP contribution in [0.1, 0.15) is 52.5 Å². The number of amides is 2. The van der Waals surface area contributed by atoms with Crippen LogP contribution in [-0.4, -0.2) is 41.5 Å². The number of Topliss-reactive ketones (excluding diaryl/α,β-unsaturated/α-hetero) is 1. The molecule has 0 heterocycles. The molecule has 1 rings (SSSR count). The molecule has 0 saturated heterocycles. The lowest BCUT2D eigenvalue weighted by atomic mass is 9.74. The smallest absolute Gasteiger partial charge is 0.233 e. The number of benzene rings is 1. The molecule has 0 unspecified atom stereocenters. The Hall–Kier alpha value is -2.21. The molecule has 28 heavy (non-hydrogen) atoms. The van der Waals surface area contributed by atoms with Crippen LogP contribution in [0.2, 0.25) is 0 Å². The number of rotatable bonds is 11. The van der Waals surface area contributed by atoms with Gasteiger partial charge in [0, 0.05) is 25.3 Å². The number of nitrogens with zero attached hydrogens (tertiary/aromatic N) is 1. The quantitative estimate of drug-likeness (QED) is 0.345. The molecule has 2 amide bonds. The zero-order chi connectivity index (χ0) is 21.3. The van der Waals surface area contributed by atoms with E-state index in [4.69, 9.17) is 0 Å². The van der Waals surface area contributed by atoms with Crippen molar-refractivity contribution in [1.82, 2.24) is 10.4 Å². The Morgan fingerprint density at radius 2 is 1.82 bits per heavy atom. The van der Waals surface area contributed by atoms with Gasteiger partial charge in [-0.05, 0) is 37.2 Å². The van der Waals surface area contributed by atoms with Gasteiger partial charge >= 0.3 is 0 Å². The van der Waals surface area contributed by atoms with Crippen LogP contribution in [0.5, 0.6) is 0 Å². The maximum absolute atomic E-state index is 13.1. The fourth-order valence-corrected chi connectivity index (χ4v) is 3.44. The minimum absolute atomic E-state index is 0.0796. The summed E-state index contributed by atoms with van der Waals surface area (Å²) >= 11 is 0. The highest BCUT2D eigenvalue weighted by Crippen LogP contribution is 2.31. The van der Waals surface area contributed by atoms with Gasteiger partial charge in [-0.25, -0.2) is 5.06 Å². The standard InChI is InChI=1S/C22H34N2O4/c1-16(24(28)15-25)18(13-9-12-17-10-7-6-8-11-17)20(26)14-19(21(27)23-5)22(2,3)4/h6-8,10-11,15-16,18-19,28H,9,12-14H2,1-5H3,(H,23,27)/t16-,18+,19-/m1/s1. The van der Waals surface area contributed by atoms with Crippen LogP contribution in [-0.2, 0) is 20.8 Å². The van der Waals surface area contributed by atoms with Gasteiger partial charge in [-0.1, -0.05) is 51.1 Å². The largest absolute Gasteiger partial charge is 0.359 e. The summed E-state index contributed by atoms with van der Waals surface area (Å²) in [7, 11) is 1.56. The molecule has 0 spiro atoms. The number of hydrogen-bond donors (Lipinski definition) is 2. The number of aryl methyl sites for hydroxylation is 1. The van der Waals surface area contributed by atoms with Gasteiger partial charge in [0.1, 0.15) is 5.78 Å². The van der Waals surface area contributed by atoms with Crippen molar-refractivity contribution >= 4 is 18.1 Å². The first kappa shape index (κ1) is 23.8. The fraction of sp³-hybridized carbons (Fsp3) is 0.591. The van der Waals surface area contributed by atoms with E-state index >= 15 is 0 Å². The first-order valence-corrected chi connectivity index (χ1v) is 9.82. The van der Waals surface area contributed by atoms with Crippen molar-refractivity contribution in [2.75, 3.05) is 7.05 Å². The van der Waals surface area contributed by atoms with Crippen LogP contribution in [0.15, 0.2) is 30.3 Å². The van der Waals surface area contributed by atoms with Gasteiger partial charge in [-0.15, -0.1) is 0 Å². The maximum Gasteiger partial charge on any atom is 0.233 e. The highest BCUT2D eigenvalue weighted by Gasteiger charge is 2.36. The first-order chi connectivity index (χ1) is 13.1. The first-order valence-electron chi connectivity index (χ1n) is 9.82. The second kappa shape index (κ2) is 11.0. The van der Waals surface area contributed by atoms with E-state index in [1.807, 2.05) is 51.1 Å². The number of ketones is 1. The molecule has 3 atom stereocenters. The van der Waals surface area contributed by atoms with E-state index < -0.39 is 17.9 Å². The predicted octanol–water partition coefficient (Wildman–Crippen LogP) is 3.23. The van der Waals surface area contributed by atoms with Crippen molar-refractivity contribution in [3.05, 3.63) is 35.9 Å². The second-order valence-corrected chi connectivity index (χ2v) is 8.41. The third-order valence-electron chi connectivity index (χ3n) is 5.36. The van der Waals surface area contributed by atoms with Crippen LogP contribution >= 0.6 is 0 Å². The van der Waals surface area contributed by atoms with Gasteiger partial charge in [0.05, 0.1) is 6.04 Å². The summed E-state index contributed by atoms with van der Waals surface area (Å²) in [5, 5.41) is 13.0. The Morgan fingerprint density at radius 1 is 1.21 bits per heavy atom. The molecular weight excluding hydrogens is 356 g/mol. The number of hydroxylamine groups is 2. The van der Waals surface area contributed by atoms with Gasteiger partial charge in [0.15, 0.2) is 0 Å². The van der Waals surface area contributed by atoms with Crippen molar-refractivity contribution < 1.29 is 19.6 Å². The summed E-state index contributed by atoms with van der Waals surface area (Å²) in [5.41, 5.74) is 0.799. The third-order valence-corrected chi connectivity index (χ3v) is 5.36. The van der Waals surface area contributed by atoms with E-state index in [-0.39, 0.29) is 23.5 Å². The van der Waals surface area contributed by atoms with E-state index in [9.17, 15) is 19.6 Å². The summed E-state index contributed by atoms with van der Waals surface area (Å²) in [6, 6.07) is 9.32. The summed E-state index contributed by atoms with van der Waals surface area (Å²) in [6.07, 6.45) is 2.49. The lowest BCUT2D eigenvalue weighted by Gasteiger charge is -2.32. The summed E-state index contributed by atoms with van der Waals surface area (Å²) < 4.78 is 0. The Morgan fingerprint density at radius 3 is 2.32 bits per heavy atom. The summed E-state index contributed by atoms with van der Waals surface area (Å²) in [4.78, 5) is 36.4. The minimum Gasteiger partial charge on any atom is -0.359 e. The van der Waals surface area contributed by atoms with E-state index in [0.717, 1.165) is 12.8 Å². The van der Waals surface area contributed by atoms with Gasteiger partial charge in [-0.3, -0.25) is 19.6 Å². The summed E-state index contributed by atoms with van der Waals surface area (Å²) in [5.74, 6) is -1.29. The molecule has 1 aromatic rings. The van der Waals surface area contributed by atoms with E-state index in [1.54, 1.807) is 14.0 Å². The SMILES string of the molecule is CNC(=O)[C@@H](CC(=O)[C@@H](CCCc1ccccc1)[C@@H](C)N(O)C=O)C(C)(C)C. The maximum atomic E-state index is 13.1. The summed E-state index contributed by atoms with van der Waals surface area (Å²) in [6.45, 7) is 7.44. The average molecular weight is 391 g/mol. The van der Waals surface area contributed by atoms with Crippen LogP contribution in [0.4, 0.5) is 0 Å². The van der Waals surface area contributed by atoms with E-state index in [2.05, 4.69) is 5.32 Å². The normalized spacial score (nSPS) is 14.6. The zero-order valence-corrected chi connectivity index (χ0v) is 17.6. The number of carbonyl (C=O) groups is 3. The van der Waals surface area contributed by atoms with Crippen LogP contribution in [0, 0.1) is 17.3 Å². The van der Waals surface area contributed by atoms with Crippen molar-refractivity contribution in [1.29, 1.82) is 0 Å². The van der Waals surface area contributed by atoms with Crippen LogP contribution in [0.3, 0.4) is 0 Å². The Balaban J connectivity index is 2.91. The lowest BCUT2D eigenvalue weighted by molar-refractivity contribution is -0.166. The molecule has 0 aliphatic carbocycles. The number of nitrogens with one attached hydrogen (secondary N) is 1. The lowest BCUT2D eigenvalue weighted by Crippen LogP contribution is -2.43. The molecule has 156 valence electrons. The monoisotopic (exact) mass is 390 g/mol. The number of hydrogen-bond acceptors (Lipinski definition) is 4. The van der Waals surface area contributed by atoms with E-state index in [1.165, 1.54) is 5.56 Å². The van der Waals surface area contributed by atoms with Crippen molar-refractivity contribution in [2.24, 2.45) is 17.3 Å². The number of carbonyl (C=O) groups excluding carboxylic acids is 3. The predicted molar refractivity (Wildman–Crippen MR) is 109 cm³/mol. The molecule has 0 aliphatic heterocycles. The molecule has 6 nitrogen and oxygen atoms in total. The molecule has 1 aromatic carbocycles. The molecule has 0 saturated carbocycles. The van der Waals surface area contributed by atoms with E-state index in [0.29, 0.717) is 17.9 Å². The molecule has 0 bridgehead atoms. The van der Waals surface area contributed by atoms with Gasteiger partial charge < -0.3 is 5.32 Å². The minimum atomic E-state index is -0.647. The second-order valence-electron chi connectivity index (χ2n) is 8.41. The zero-order valence-electron chi connectivity index (χ0n) is 17.6. The van der Waals surface area contributed by atoms with Crippen LogP contribution < -0.4 is 5.32 Å². The van der Waals surface area contributed by atoms with Crippen molar-refractivity contribution in [3.8, 4) is 0 Å². The van der Waals surface area contributed by atoms with Crippen molar-refractivity contribution in [3.63, 3.8) is 0 Å². The molecule has 0 aromatic heterocycles. The van der Waals surface area contributed by atoms with Crippen molar-refractivity contribution in [2.45, 2.75) is 59.4 Å². The van der Waals surface area contributed by atoms with Crippen LogP contribution in [0.25, 0.3) is 0 Å². The Labute approximate surface area is 168 Å². The molecule has 0 fully saturated rings. The topological polar surface area (TPSA) is 86.7 Å². The average Bonchev–Trinajstić information content (AvgIpc) is 2.67. The Kier molecular flexibility index (Phi) is 9.32. The molecular formula is C22H34N2O4. The highest BCUT2D eigenvalue weighted by molar-refractivity contribution is 5.88. The van der Waals surface area contributed by atoms with Gasteiger partial charge in [-0.2, -0.15) is 0 Å². The Bertz CT molecular complexity index is 640. The van der Waals surface area contributed by atoms with Gasteiger partial charge in [0.2, 0.25) is 12.3 Å². The highest BCUT2D eigenvalue weighted by atomic mass is 16.5. The molecule has 6 heteroatoms. The third kappa shape index (κ3) is 7.08. The molecule has 0 aliphatic rings. The molecule has 2 N–H and O–H groups in total. The van der Waals surface area contributed by atoms with Gasteiger partial charge in [0.25, 0.3) is 0 Å². The fourth-order valence-electron chi connectivity index (χ4n) is 3.44.